The molecule has 0 saturated heterocycles. The average molecular weight is 310 g/mol. The van der Waals surface area contributed by atoms with Crippen LogP contribution in [0.15, 0.2) is 17.5 Å². The SMILES string of the molecule is C[C@H](NC1CCC(NC(=O)OC(C)(C)C)C1)c1cccs1. The minimum Gasteiger partial charge on any atom is -0.444 e. The molecule has 1 aliphatic carbocycles. The van der Waals surface area contributed by atoms with Crippen molar-refractivity contribution in [2.24, 2.45) is 0 Å². The molecule has 0 spiro atoms. The van der Waals surface area contributed by atoms with Crippen LogP contribution in [0.4, 0.5) is 4.79 Å². The molecule has 118 valence electrons. The lowest BCUT2D eigenvalue weighted by Gasteiger charge is -2.22. The summed E-state index contributed by atoms with van der Waals surface area (Å²) in [5.41, 5.74) is -0.436. The van der Waals surface area contributed by atoms with Crippen LogP contribution in [-0.4, -0.2) is 23.8 Å². The van der Waals surface area contributed by atoms with Gasteiger partial charge in [0.05, 0.1) is 0 Å². The van der Waals surface area contributed by atoms with Gasteiger partial charge < -0.3 is 15.4 Å². The van der Waals surface area contributed by atoms with Crippen molar-refractivity contribution in [1.82, 2.24) is 10.6 Å². The largest absolute Gasteiger partial charge is 0.444 e. The maximum Gasteiger partial charge on any atom is 0.407 e. The molecule has 1 saturated carbocycles. The van der Waals surface area contributed by atoms with E-state index in [0.29, 0.717) is 12.1 Å². The standard InChI is InChI=1S/C16H26N2O2S/c1-11(14-6-5-9-21-14)17-12-7-8-13(10-12)18-15(19)20-16(2,3)4/h5-6,9,11-13,17H,7-8,10H2,1-4H3,(H,18,19)/t11-,12?,13?/m0/s1. The second kappa shape index (κ2) is 6.79. The normalized spacial score (nSPS) is 23.8. The molecule has 21 heavy (non-hydrogen) atoms. The summed E-state index contributed by atoms with van der Waals surface area (Å²) in [7, 11) is 0. The Bertz CT molecular complexity index is 453. The highest BCUT2D eigenvalue weighted by Gasteiger charge is 2.28. The summed E-state index contributed by atoms with van der Waals surface area (Å²) in [5.74, 6) is 0. The van der Waals surface area contributed by atoms with E-state index >= 15 is 0 Å². The molecule has 5 heteroatoms. The van der Waals surface area contributed by atoms with Gasteiger partial charge in [-0.3, -0.25) is 0 Å². The molecule has 4 nitrogen and oxygen atoms in total. The van der Waals surface area contributed by atoms with Gasteiger partial charge in [-0.2, -0.15) is 0 Å². The third kappa shape index (κ3) is 5.32. The summed E-state index contributed by atoms with van der Waals surface area (Å²) in [5, 5.41) is 8.73. The molecule has 0 aliphatic heterocycles. The van der Waals surface area contributed by atoms with Crippen LogP contribution in [-0.2, 0) is 4.74 Å². The van der Waals surface area contributed by atoms with Gasteiger partial charge in [-0.25, -0.2) is 4.79 Å². The fourth-order valence-corrected chi connectivity index (χ4v) is 3.46. The van der Waals surface area contributed by atoms with Crippen LogP contribution in [0.2, 0.25) is 0 Å². The zero-order valence-corrected chi connectivity index (χ0v) is 14.1. The zero-order chi connectivity index (χ0) is 15.5. The lowest BCUT2D eigenvalue weighted by molar-refractivity contribution is 0.0505. The van der Waals surface area contributed by atoms with Crippen LogP contribution in [0, 0.1) is 0 Å². The number of carbonyl (C=O) groups excluding carboxylic acids is 1. The van der Waals surface area contributed by atoms with Gasteiger partial charge in [-0.1, -0.05) is 6.07 Å². The van der Waals surface area contributed by atoms with Crippen LogP contribution >= 0.6 is 11.3 Å². The number of rotatable bonds is 4. The molecule has 0 bridgehead atoms. The van der Waals surface area contributed by atoms with E-state index in [2.05, 4.69) is 35.1 Å². The van der Waals surface area contributed by atoms with Crippen LogP contribution in [0.3, 0.4) is 0 Å². The highest BCUT2D eigenvalue weighted by Crippen LogP contribution is 2.25. The Morgan fingerprint density at radius 1 is 1.38 bits per heavy atom. The molecule has 1 amide bonds. The van der Waals surface area contributed by atoms with Crippen LogP contribution in [0.5, 0.6) is 0 Å². The Morgan fingerprint density at radius 3 is 2.71 bits per heavy atom. The fourth-order valence-electron chi connectivity index (χ4n) is 2.71. The lowest BCUT2D eigenvalue weighted by atomic mass is 10.2. The first kappa shape index (κ1) is 16.3. The minimum atomic E-state index is -0.436. The van der Waals surface area contributed by atoms with Crippen molar-refractivity contribution in [3.05, 3.63) is 22.4 Å². The first-order valence-electron chi connectivity index (χ1n) is 7.62. The second-order valence-corrected chi connectivity index (χ2v) is 7.74. The van der Waals surface area contributed by atoms with Gasteiger partial charge in [-0.05, 0) is 58.4 Å². The van der Waals surface area contributed by atoms with E-state index in [1.54, 1.807) is 11.3 Å². The average Bonchev–Trinajstić information content (AvgIpc) is 2.97. The van der Waals surface area contributed by atoms with Crippen LogP contribution in [0.25, 0.3) is 0 Å². The number of amides is 1. The van der Waals surface area contributed by atoms with E-state index in [4.69, 9.17) is 4.74 Å². The number of ether oxygens (including phenoxy) is 1. The maximum atomic E-state index is 11.8. The van der Waals surface area contributed by atoms with Gasteiger partial charge in [-0.15, -0.1) is 11.3 Å². The molecule has 2 N–H and O–H groups in total. The molecule has 1 fully saturated rings. The van der Waals surface area contributed by atoms with Gasteiger partial charge in [0.1, 0.15) is 5.60 Å². The summed E-state index contributed by atoms with van der Waals surface area (Å²) in [4.78, 5) is 13.1. The quantitative estimate of drug-likeness (QED) is 0.888. The predicted molar refractivity (Wildman–Crippen MR) is 86.7 cm³/mol. The van der Waals surface area contributed by atoms with E-state index in [-0.39, 0.29) is 12.1 Å². The van der Waals surface area contributed by atoms with Crippen LogP contribution < -0.4 is 10.6 Å². The molecule has 0 aromatic carbocycles. The number of thiophene rings is 1. The number of hydrogen-bond donors (Lipinski definition) is 2. The van der Waals surface area contributed by atoms with Gasteiger partial charge in [0.25, 0.3) is 0 Å². The first-order chi connectivity index (χ1) is 9.83. The summed E-state index contributed by atoms with van der Waals surface area (Å²) in [6.45, 7) is 7.84. The molecule has 2 rings (SSSR count). The topological polar surface area (TPSA) is 50.4 Å². The summed E-state index contributed by atoms with van der Waals surface area (Å²) in [6, 6.07) is 5.29. The number of nitrogens with one attached hydrogen (secondary N) is 2. The van der Waals surface area contributed by atoms with Gasteiger partial charge in [0.2, 0.25) is 0 Å². The van der Waals surface area contributed by atoms with Crippen molar-refractivity contribution in [1.29, 1.82) is 0 Å². The first-order valence-corrected chi connectivity index (χ1v) is 8.50. The zero-order valence-electron chi connectivity index (χ0n) is 13.3. The third-order valence-electron chi connectivity index (χ3n) is 3.61. The molecule has 2 unspecified atom stereocenters. The molecule has 1 aliphatic rings. The summed E-state index contributed by atoms with van der Waals surface area (Å²) >= 11 is 1.78. The van der Waals surface area contributed by atoms with Gasteiger partial charge in [0.15, 0.2) is 0 Å². The van der Waals surface area contributed by atoms with E-state index < -0.39 is 5.60 Å². The second-order valence-electron chi connectivity index (χ2n) is 6.76. The summed E-state index contributed by atoms with van der Waals surface area (Å²) < 4.78 is 5.31. The Hall–Kier alpha value is -1.07. The monoisotopic (exact) mass is 310 g/mol. The molecular formula is C16H26N2O2S. The van der Waals surface area contributed by atoms with E-state index in [1.165, 1.54) is 4.88 Å². The highest BCUT2D eigenvalue weighted by molar-refractivity contribution is 7.10. The van der Waals surface area contributed by atoms with E-state index in [0.717, 1.165) is 19.3 Å². The van der Waals surface area contributed by atoms with Gasteiger partial charge >= 0.3 is 6.09 Å². The van der Waals surface area contributed by atoms with Crippen molar-refractivity contribution in [2.45, 2.75) is 70.7 Å². The molecule has 1 aromatic rings. The number of hydrogen-bond acceptors (Lipinski definition) is 4. The molecule has 1 heterocycles. The smallest absolute Gasteiger partial charge is 0.407 e. The maximum absolute atomic E-state index is 11.8. The highest BCUT2D eigenvalue weighted by atomic mass is 32.1. The lowest BCUT2D eigenvalue weighted by Crippen LogP contribution is -2.39. The van der Waals surface area contributed by atoms with Crippen molar-refractivity contribution >= 4 is 17.4 Å². The fraction of sp³-hybridized carbons (Fsp3) is 0.688. The molecular weight excluding hydrogens is 284 g/mol. The van der Waals surface area contributed by atoms with Crippen molar-refractivity contribution < 1.29 is 9.53 Å². The van der Waals surface area contributed by atoms with Crippen molar-refractivity contribution in [3.8, 4) is 0 Å². The predicted octanol–water partition coefficient (Wildman–Crippen LogP) is 3.84. The Labute approximate surface area is 131 Å². The third-order valence-corrected chi connectivity index (χ3v) is 4.66. The van der Waals surface area contributed by atoms with Crippen molar-refractivity contribution in [3.63, 3.8) is 0 Å². The minimum absolute atomic E-state index is 0.216. The number of carbonyl (C=O) groups is 1. The van der Waals surface area contributed by atoms with Gasteiger partial charge in [0, 0.05) is 23.0 Å². The molecule has 3 atom stereocenters. The van der Waals surface area contributed by atoms with E-state index in [9.17, 15) is 4.79 Å². The summed E-state index contributed by atoms with van der Waals surface area (Å²) in [6.07, 6.45) is 2.76. The van der Waals surface area contributed by atoms with Crippen molar-refractivity contribution in [2.75, 3.05) is 0 Å². The number of alkyl carbamates (subject to hydrolysis) is 1. The molecule has 0 radical (unpaired) electrons. The Morgan fingerprint density at radius 2 is 2.10 bits per heavy atom. The Balaban J connectivity index is 1.75. The molecule has 1 aromatic heterocycles. The van der Waals surface area contributed by atoms with E-state index in [1.807, 2.05) is 20.8 Å². The Kier molecular flexibility index (Phi) is 5.27. The van der Waals surface area contributed by atoms with Crippen LogP contribution in [0.1, 0.15) is 57.9 Å².